The van der Waals surface area contributed by atoms with Gasteiger partial charge in [0.05, 0.1) is 6.10 Å². The Kier molecular flexibility index (Phi) is 5.85. The molecule has 0 heterocycles. The SMILES string of the molecule is C=C=CC1(c2ccccc2)C(=O)C(C#CCCCC)=C1OC(C)C. The second-order valence-corrected chi connectivity index (χ2v) is 6.13. The molecule has 0 saturated carbocycles. The number of unbranched alkanes of at least 4 members (excludes halogenated alkanes) is 2. The number of carbonyl (C=O) groups is 1. The first kappa shape index (κ1) is 17.9. The average molecular weight is 320 g/mol. The minimum absolute atomic E-state index is 0.0375. The summed E-state index contributed by atoms with van der Waals surface area (Å²) in [6, 6.07) is 9.61. The van der Waals surface area contributed by atoms with Crippen molar-refractivity contribution in [3.8, 4) is 11.8 Å². The summed E-state index contributed by atoms with van der Waals surface area (Å²) in [6.07, 6.45) is 4.56. The smallest absolute Gasteiger partial charge is 0.197 e. The summed E-state index contributed by atoms with van der Waals surface area (Å²) < 4.78 is 6.01. The lowest BCUT2D eigenvalue weighted by molar-refractivity contribution is -0.122. The van der Waals surface area contributed by atoms with E-state index in [0.717, 1.165) is 24.8 Å². The van der Waals surface area contributed by atoms with Gasteiger partial charge in [-0.15, -0.1) is 5.73 Å². The number of benzene rings is 1. The van der Waals surface area contributed by atoms with Gasteiger partial charge in [-0.25, -0.2) is 0 Å². The van der Waals surface area contributed by atoms with Gasteiger partial charge in [-0.1, -0.05) is 62.1 Å². The predicted octanol–water partition coefficient (Wildman–Crippen LogP) is 4.72. The molecule has 0 aromatic heterocycles. The summed E-state index contributed by atoms with van der Waals surface area (Å²) in [4.78, 5) is 13.0. The Morgan fingerprint density at radius 1 is 1.29 bits per heavy atom. The fourth-order valence-electron chi connectivity index (χ4n) is 2.79. The topological polar surface area (TPSA) is 26.3 Å². The minimum atomic E-state index is -0.942. The van der Waals surface area contributed by atoms with Crippen LogP contribution in [0.5, 0.6) is 0 Å². The van der Waals surface area contributed by atoms with E-state index in [2.05, 4.69) is 31.1 Å². The lowest BCUT2D eigenvalue weighted by Gasteiger charge is -2.40. The normalized spacial score (nSPS) is 19.2. The lowest BCUT2D eigenvalue weighted by atomic mass is 9.63. The Morgan fingerprint density at radius 2 is 2.00 bits per heavy atom. The molecule has 124 valence electrons. The fourth-order valence-corrected chi connectivity index (χ4v) is 2.79. The molecule has 0 saturated heterocycles. The molecule has 0 amide bonds. The first-order valence-electron chi connectivity index (χ1n) is 8.45. The van der Waals surface area contributed by atoms with Crippen molar-refractivity contribution in [2.45, 2.75) is 51.6 Å². The highest BCUT2D eigenvalue weighted by Gasteiger charge is 2.55. The van der Waals surface area contributed by atoms with Crippen molar-refractivity contribution in [2.24, 2.45) is 0 Å². The second kappa shape index (κ2) is 7.86. The largest absolute Gasteiger partial charge is 0.492 e. The standard InChI is InChI=1S/C22H24O2/c1-5-7-8-12-15-19-20(23)22(16-6-2,21(19)24-17(3)4)18-13-10-9-11-14-18/h9-11,13-14,16-17H,2,5,7-8H2,1,3-4H3. The number of hydrogen-bond acceptors (Lipinski definition) is 2. The van der Waals surface area contributed by atoms with Gasteiger partial charge < -0.3 is 4.74 Å². The first-order chi connectivity index (χ1) is 11.6. The van der Waals surface area contributed by atoms with Crippen molar-refractivity contribution in [2.75, 3.05) is 0 Å². The van der Waals surface area contributed by atoms with Crippen molar-refractivity contribution < 1.29 is 9.53 Å². The summed E-state index contributed by atoms with van der Waals surface area (Å²) in [5, 5.41) is 0. The van der Waals surface area contributed by atoms with E-state index in [1.807, 2.05) is 44.2 Å². The molecule has 24 heavy (non-hydrogen) atoms. The number of rotatable bonds is 6. The number of carbonyl (C=O) groups excluding carboxylic acids is 1. The van der Waals surface area contributed by atoms with E-state index in [1.54, 1.807) is 6.08 Å². The van der Waals surface area contributed by atoms with Gasteiger partial charge in [0.1, 0.15) is 16.7 Å². The molecule has 1 aromatic carbocycles. The molecule has 1 atom stereocenters. The van der Waals surface area contributed by atoms with Gasteiger partial charge in [-0.05, 0) is 31.9 Å². The maximum Gasteiger partial charge on any atom is 0.197 e. The number of Topliss-reactive ketones (excluding diaryl/α,β-unsaturated/α-hetero) is 1. The summed E-state index contributed by atoms with van der Waals surface area (Å²) in [6.45, 7) is 9.69. The van der Waals surface area contributed by atoms with Crippen LogP contribution in [0.1, 0.15) is 45.6 Å². The van der Waals surface area contributed by atoms with E-state index in [0.29, 0.717) is 11.3 Å². The molecule has 1 unspecified atom stereocenters. The Labute approximate surface area is 144 Å². The Morgan fingerprint density at radius 3 is 2.58 bits per heavy atom. The van der Waals surface area contributed by atoms with E-state index in [-0.39, 0.29) is 11.9 Å². The molecule has 0 spiro atoms. The highest BCUT2D eigenvalue weighted by molar-refractivity contribution is 6.18. The molecule has 1 aromatic rings. The van der Waals surface area contributed by atoms with Crippen LogP contribution in [0, 0.1) is 11.8 Å². The number of hydrogen-bond donors (Lipinski definition) is 0. The summed E-state index contributed by atoms with van der Waals surface area (Å²) in [5.74, 6) is 6.71. The molecule has 2 nitrogen and oxygen atoms in total. The highest BCUT2D eigenvalue weighted by Crippen LogP contribution is 2.47. The van der Waals surface area contributed by atoms with Crippen LogP contribution in [0.3, 0.4) is 0 Å². The van der Waals surface area contributed by atoms with Gasteiger partial charge in [0, 0.05) is 6.42 Å². The van der Waals surface area contributed by atoms with Crippen molar-refractivity contribution >= 4 is 5.78 Å². The molecular weight excluding hydrogens is 296 g/mol. The summed E-state index contributed by atoms with van der Waals surface area (Å²) in [7, 11) is 0. The number of ether oxygens (including phenoxy) is 1. The third-order valence-electron chi connectivity index (χ3n) is 3.94. The Bertz CT molecular complexity index is 737. The van der Waals surface area contributed by atoms with Gasteiger partial charge in [0.2, 0.25) is 0 Å². The second-order valence-electron chi connectivity index (χ2n) is 6.13. The quantitative estimate of drug-likeness (QED) is 0.431. The van der Waals surface area contributed by atoms with Crippen molar-refractivity contribution in [3.63, 3.8) is 0 Å². The van der Waals surface area contributed by atoms with E-state index in [1.165, 1.54) is 0 Å². The lowest BCUT2D eigenvalue weighted by Crippen LogP contribution is -2.48. The number of allylic oxidation sites excluding steroid dienone is 2. The van der Waals surface area contributed by atoms with Gasteiger partial charge in [-0.3, -0.25) is 4.79 Å². The van der Waals surface area contributed by atoms with Gasteiger partial charge in [0.15, 0.2) is 5.78 Å². The molecule has 0 radical (unpaired) electrons. The maximum absolute atomic E-state index is 13.0. The minimum Gasteiger partial charge on any atom is -0.492 e. The molecule has 0 aliphatic heterocycles. The zero-order chi connectivity index (χ0) is 17.6. The highest BCUT2D eigenvalue weighted by atomic mass is 16.5. The van der Waals surface area contributed by atoms with E-state index in [4.69, 9.17) is 4.74 Å². The Balaban J connectivity index is 2.54. The third kappa shape index (κ3) is 3.23. The van der Waals surface area contributed by atoms with Crippen LogP contribution < -0.4 is 0 Å². The van der Waals surface area contributed by atoms with Crippen LogP contribution in [0.25, 0.3) is 0 Å². The summed E-state index contributed by atoms with van der Waals surface area (Å²) >= 11 is 0. The monoisotopic (exact) mass is 320 g/mol. The molecule has 0 N–H and O–H groups in total. The van der Waals surface area contributed by atoms with Crippen LogP contribution in [0.15, 0.2) is 60.1 Å². The van der Waals surface area contributed by atoms with Gasteiger partial charge >= 0.3 is 0 Å². The number of ketones is 1. The maximum atomic E-state index is 13.0. The third-order valence-corrected chi connectivity index (χ3v) is 3.94. The predicted molar refractivity (Wildman–Crippen MR) is 97.4 cm³/mol. The molecular formula is C22H24O2. The van der Waals surface area contributed by atoms with Crippen LogP contribution in [-0.4, -0.2) is 11.9 Å². The van der Waals surface area contributed by atoms with E-state index < -0.39 is 5.41 Å². The zero-order valence-corrected chi connectivity index (χ0v) is 14.7. The van der Waals surface area contributed by atoms with Crippen LogP contribution in [-0.2, 0) is 14.9 Å². The summed E-state index contributed by atoms with van der Waals surface area (Å²) in [5.41, 5.74) is 3.18. The van der Waals surface area contributed by atoms with Crippen LogP contribution in [0.4, 0.5) is 0 Å². The average Bonchev–Trinajstić information content (AvgIpc) is 2.59. The fraction of sp³-hybridized carbons (Fsp3) is 0.364. The van der Waals surface area contributed by atoms with Crippen molar-refractivity contribution in [1.29, 1.82) is 0 Å². The van der Waals surface area contributed by atoms with Crippen LogP contribution >= 0.6 is 0 Å². The molecule has 1 aliphatic carbocycles. The van der Waals surface area contributed by atoms with Crippen molar-refractivity contribution in [3.05, 3.63) is 65.6 Å². The van der Waals surface area contributed by atoms with Gasteiger partial charge in [-0.2, -0.15) is 0 Å². The zero-order valence-electron chi connectivity index (χ0n) is 14.7. The molecule has 0 bridgehead atoms. The van der Waals surface area contributed by atoms with E-state index >= 15 is 0 Å². The molecule has 1 aliphatic rings. The van der Waals surface area contributed by atoms with Gasteiger partial charge in [0.25, 0.3) is 0 Å². The Hall–Kier alpha value is -2.49. The van der Waals surface area contributed by atoms with Crippen LogP contribution in [0.2, 0.25) is 0 Å². The molecule has 0 fully saturated rings. The van der Waals surface area contributed by atoms with Crippen molar-refractivity contribution in [1.82, 2.24) is 0 Å². The van der Waals surface area contributed by atoms with E-state index in [9.17, 15) is 4.79 Å². The molecule has 2 rings (SSSR count). The first-order valence-corrected chi connectivity index (χ1v) is 8.45. The molecule has 2 heteroatoms.